The number of aliphatic imine (C=N–C) groups is 1. The second-order valence-electron chi connectivity index (χ2n) is 5.05. The van der Waals surface area contributed by atoms with Gasteiger partial charge in [-0.2, -0.15) is 4.99 Å². The van der Waals surface area contributed by atoms with Gasteiger partial charge in [0, 0.05) is 10.0 Å². The summed E-state index contributed by atoms with van der Waals surface area (Å²) in [6, 6.07) is 15.1. The molecule has 0 fully saturated rings. The highest BCUT2D eigenvalue weighted by atomic mass is 79.9. The predicted molar refractivity (Wildman–Crippen MR) is 104 cm³/mol. The number of carbonyl (C=O) groups excluding carboxylic acids is 1. The van der Waals surface area contributed by atoms with E-state index in [0.717, 1.165) is 27.5 Å². The average Bonchev–Trinajstić information content (AvgIpc) is 2.92. The van der Waals surface area contributed by atoms with Gasteiger partial charge in [0.1, 0.15) is 24.7 Å². The van der Waals surface area contributed by atoms with Crippen molar-refractivity contribution in [2.75, 3.05) is 13.2 Å². The minimum absolute atomic E-state index is 0.262. The van der Waals surface area contributed by atoms with Crippen LogP contribution in [0, 0.1) is 0 Å². The smallest absolute Gasteiger partial charge is 0.286 e. The lowest BCUT2D eigenvalue weighted by Crippen LogP contribution is -2.09. The van der Waals surface area contributed by atoms with Gasteiger partial charge in [-0.1, -0.05) is 34.1 Å². The summed E-state index contributed by atoms with van der Waals surface area (Å²) < 4.78 is 12.4. The number of nitrogens with zero attached hydrogens (tertiary/aromatic N) is 1. The van der Waals surface area contributed by atoms with Crippen LogP contribution in [0.5, 0.6) is 11.5 Å². The third-order valence-electron chi connectivity index (χ3n) is 3.27. The maximum absolute atomic E-state index is 11.7. The molecular formula is C18H15BrN2O3S. The Hall–Kier alpha value is -2.25. The van der Waals surface area contributed by atoms with E-state index in [9.17, 15) is 4.79 Å². The molecule has 0 radical (unpaired) electrons. The van der Waals surface area contributed by atoms with E-state index in [4.69, 9.17) is 15.2 Å². The van der Waals surface area contributed by atoms with E-state index >= 15 is 0 Å². The second kappa shape index (κ2) is 8.22. The summed E-state index contributed by atoms with van der Waals surface area (Å²) in [5, 5.41) is 0.262. The minimum atomic E-state index is -0.323. The summed E-state index contributed by atoms with van der Waals surface area (Å²) >= 11 is 4.54. The number of carbonyl (C=O) groups is 1. The highest BCUT2D eigenvalue weighted by molar-refractivity contribution is 9.10. The lowest BCUT2D eigenvalue weighted by molar-refractivity contribution is -0.113. The first kappa shape index (κ1) is 17.6. The third kappa shape index (κ3) is 4.87. The first-order valence-electron chi connectivity index (χ1n) is 7.50. The fraction of sp³-hybridized carbons (Fsp3) is 0.111. The highest BCUT2D eigenvalue weighted by Gasteiger charge is 2.20. The Bertz CT molecular complexity index is 834. The van der Waals surface area contributed by atoms with Crippen LogP contribution >= 0.6 is 27.7 Å². The number of amides is 1. The normalized spacial score (nSPS) is 15.3. The Morgan fingerprint density at radius 2 is 1.80 bits per heavy atom. The Morgan fingerprint density at radius 1 is 1.08 bits per heavy atom. The Morgan fingerprint density at radius 3 is 2.52 bits per heavy atom. The molecule has 0 bridgehead atoms. The molecular weight excluding hydrogens is 404 g/mol. The van der Waals surface area contributed by atoms with Crippen LogP contribution < -0.4 is 15.2 Å². The highest BCUT2D eigenvalue weighted by Crippen LogP contribution is 2.29. The molecule has 0 aliphatic carbocycles. The number of hydrogen-bond acceptors (Lipinski definition) is 5. The van der Waals surface area contributed by atoms with Crippen LogP contribution in [0.3, 0.4) is 0 Å². The molecule has 3 rings (SSSR count). The van der Waals surface area contributed by atoms with Gasteiger partial charge in [-0.3, -0.25) is 4.79 Å². The number of thioether (sulfide) groups is 1. The number of benzene rings is 2. The van der Waals surface area contributed by atoms with Gasteiger partial charge >= 0.3 is 0 Å². The molecule has 2 N–H and O–H groups in total. The molecule has 5 nitrogen and oxygen atoms in total. The van der Waals surface area contributed by atoms with Crippen molar-refractivity contribution in [3.63, 3.8) is 0 Å². The second-order valence-corrected chi connectivity index (χ2v) is 7.03. The number of hydrogen-bond donors (Lipinski definition) is 1. The summed E-state index contributed by atoms with van der Waals surface area (Å²) in [7, 11) is 0. The molecule has 128 valence electrons. The predicted octanol–water partition coefficient (Wildman–Crippen LogP) is 3.84. The monoisotopic (exact) mass is 418 g/mol. The number of ether oxygens (including phenoxy) is 2. The van der Waals surface area contributed by atoms with Crippen molar-refractivity contribution < 1.29 is 14.3 Å². The fourth-order valence-electron chi connectivity index (χ4n) is 2.14. The molecule has 1 aliphatic rings. The zero-order valence-corrected chi connectivity index (χ0v) is 15.5. The molecule has 0 aromatic heterocycles. The zero-order valence-electron chi connectivity index (χ0n) is 13.1. The van der Waals surface area contributed by atoms with Crippen LogP contribution in [0.25, 0.3) is 6.08 Å². The summed E-state index contributed by atoms with van der Waals surface area (Å²) in [6.07, 6.45) is 1.74. The molecule has 0 unspecified atom stereocenters. The van der Waals surface area contributed by atoms with Crippen molar-refractivity contribution in [3.8, 4) is 11.5 Å². The van der Waals surface area contributed by atoms with Gasteiger partial charge in [0.2, 0.25) is 0 Å². The van der Waals surface area contributed by atoms with E-state index in [1.54, 1.807) is 6.08 Å². The van der Waals surface area contributed by atoms with E-state index < -0.39 is 0 Å². The van der Waals surface area contributed by atoms with Crippen molar-refractivity contribution in [1.29, 1.82) is 0 Å². The Labute approximate surface area is 158 Å². The van der Waals surface area contributed by atoms with Crippen LogP contribution in [0.2, 0.25) is 0 Å². The maximum Gasteiger partial charge on any atom is 0.286 e. The van der Waals surface area contributed by atoms with Gasteiger partial charge in [0.15, 0.2) is 5.17 Å². The average molecular weight is 419 g/mol. The molecule has 0 saturated heterocycles. The molecule has 2 aromatic carbocycles. The van der Waals surface area contributed by atoms with Gasteiger partial charge in [-0.05, 0) is 48.2 Å². The molecule has 0 atom stereocenters. The van der Waals surface area contributed by atoms with Crippen molar-refractivity contribution in [2.24, 2.45) is 10.7 Å². The molecule has 7 heteroatoms. The van der Waals surface area contributed by atoms with Crippen LogP contribution in [0.1, 0.15) is 5.56 Å². The third-order valence-corrected chi connectivity index (χ3v) is 4.61. The summed E-state index contributed by atoms with van der Waals surface area (Å²) in [6.45, 7) is 0.798. The Kier molecular flexibility index (Phi) is 5.78. The molecule has 1 amide bonds. The quantitative estimate of drug-likeness (QED) is 0.569. The number of rotatable bonds is 6. The Balaban J connectivity index is 1.59. The van der Waals surface area contributed by atoms with E-state index in [0.29, 0.717) is 23.9 Å². The minimum Gasteiger partial charge on any atom is -0.490 e. The van der Waals surface area contributed by atoms with E-state index in [1.807, 2.05) is 48.5 Å². The van der Waals surface area contributed by atoms with Crippen molar-refractivity contribution in [3.05, 3.63) is 63.5 Å². The van der Waals surface area contributed by atoms with Crippen LogP contribution in [0.4, 0.5) is 0 Å². The summed E-state index contributed by atoms with van der Waals surface area (Å²) in [5.41, 5.74) is 6.37. The zero-order chi connectivity index (χ0) is 17.6. The van der Waals surface area contributed by atoms with Gasteiger partial charge < -0.3 is 15.2 Å². The SMILES string of the molecule is NC1=NC(=O)C(=Cc2ccccc2OCCOc2ccc(Br)cc2)S1. The molecule has 2 aromatic rings. The molecule has 0 saturated carbocycles. The van der Waals surface area contributed by atoms with Gasteiger partial charge in [-0.15, -0.1) is 0 Å². The standard InChI is InChI=1S/C18H15BrN2O3S/c19-13-5-7-14(8-6-13)23-9-10-24-15-4-2-1-3-12(15)11-16-17(22)21-18(20)25-16/h1-8,11H,9-10H2,(H2,20,21,22). The van der Waals surface area contributed by atoms with Gasteiger partial charge in [-0.25, -0.2) is 0 Å². The first-order chi connectivity index (χ1) is 12.1. The van der Waals surface area contributed by atoms with Crippen LogP contribution in [-0.4, -0.2) is 24.3 Å². The van der Waals surface area contributed by atoms with Crippen LogP contribution in [0.15, 0.2) is 62.9 Å². The number of nitrogens with two attached hydrogens (primary N) is 1. The largest absolute Gasteiger partial charge is 0.490 e. The van der Waals surface area contributed by atoms with Crippen molar-refractivity contribution in [1.82, 2.24) is 0 Å². The first-order valence-corrected chi connectivity index (χ1v) is 9.11. The van der Waals surface area contributed by atoms with E-state index in [2.05, 4.69) is 20.9 Å². The topological polar surface area (TPSA) is 73.9 Å². The number of amidine groups is 1. The fourth-order valence-corrected chi connectivity index (χ4v) is 3.08. The summed E-state index contributed by atoms with van der Waals surface area (Å²) in [5.74, 6) is 1.13. The summed E-state index contributed by atoms with van der Waals surface area (Å²) in [4.78, 5) is 15.9. The lowest BCUT2D eigenvalue weighted by atomic mass is 10.2. The van der Waals surface area contributed by atoms with Crippen molar-refractivity contribution in [2.45, 2.75) is 0 Å². The van der Waals surface area contributed by atoms with E-state index in [-0.39, 0.29) is 11.1 Å². The molecule has 25 heavy (non-hydrogen) atoms. The molecule has 1 aliphatic heterocycles. The number of halogens is 1. The van der Waals surface area contributed by atoms with Gasteiger partial charge in [0.25, 0.3) is 5.91 Å². The molecule has 0 spiro atoms. The van der Waals surface area contributed by atoms with Crippen molar-refractivity contribution >= 4 is 44.8 Å². The van der Waals surface area contributed by atoms with Crippen LogP contribution in [-0.2, 0) is 4.79 Å². The lowest BCUT2D eigenvalue weighted by Gasteiger charge is -2.10. The molecule has 1 heterocycles. The van der Waals surface area contributed by atoms with Gasteiger partial charge in [0.05, 0.1) is 4.91 Å². The number of para-hydroxylation sites is 1. The van der Waals surface area contributed by atoms with E-state index in [1.165, 1.54) is 0 Å². The maximum atomic E-state index is 11.7.